The minimum absolute atomic E-state index is 0.0218. The summed E-state index contributed by atoms with van der Waals surface area (Å²) in [6, 6.07) is 17.3. The van der Waals surface area contributed by atoms with E-state index in [1.54, 1.807) is 18.2 Å². The Morgan fingerprint density at radius 3 is 2.31 bits per heavy atom. The first-order chi connectivity index (χ1) is 18.7. The molecule has 0 saturated heterocycles. The molecule has 0 spiro atoms. The molecule has 39 heavy (non-hydrogen) atoms. The lowest BCUT2D eigenvalue weighted by Gasteiger charge is -2.17. The first-order valence-corrected chi connectivity index (χ1v) is 12.2. The Kier molecular flexibility index (Phi) is 7.92. The first kappa shape index (κ1) is 27.3. The molecule has 0 aliphatic carbocycles. The SMILES string of the molecule is COc1cc(-c2cccc(-c3cccc(NC(=O)c4cccn(CC(N)=O)c4=O)c3C)c2C)cc(F)c1CN. The fraction of sp³-hybridized carbons (Fsp3) is 0.167. The third-order valence-electron chi connectivity index (χ3n) is 6.69. The van der Waals surface area contributed by atoms with Gasteiger partial charge in [-0.15, -0.1) is 0 Å². The monoisotopic (exact) mass is 528 g/mol. The molecule has 0 unspecified atom stereocenters. The molecule has 4 rings (SSSR count). The van der Waals surface area contributed by atoms with Gasteiger partial charge in [-0.2, -0.15) is 0 Å². The van der Waals surface area contributed by atoms with Crippen LogP contribution in [0.4, 0.5) is 10.1 Å². The van der Waals surface area contributed by atoms with Crippen LogP contribution in [0.15, 0.2) is 71.7 Å². The number of amides is 2. The fourth-order valence-corrected chi connectivity index (χ4v) is 4.64. The zero-order chi connectivity index (χ0) is 28.3. The molecule has 0 bridgehead atoms. The Morgan fingerprint density at radius 2 is 1.64 bits per heavy atom. The van der Waals surface area contributed by atoms with Crippen molar-refractivity contribution in [1.82, 2.24) is 4.57 Å². The Balaban J connectivity index is 1.72. The second-order valence-electron chi connectivity index (χ2n) is 9.07. The summed E-state index contributed by atoms with van der Waals surface area (Å²) in [7, 11) is 1.48. The van der Waals surface area contributed by atoms with Crippen LogP contribution >= 0.6 is 0 Å². The molecule has 5 N–H and O–H groups in total. The van der Waals surface area contributed by atoms with Gasteiger partial charge in [0.25, 0.3) is 11.5 Å². The van der Waals surface area contributed by atoms with Crippen molar-refractivity contribution in [3.8, 4) is 28.0 Å². The molecule has 200 valence electrons. The van der Waals surface area contributed by atoms with Crippen molar-refractivity contribution in [2.75, 3.05) is 12.4 Å². The smallest absolute Gasteiger partial charge is 0.263 e. The second kappa shape index (κ2) is 11.3. The van der Waals surface area contributed by atoms with Crippen molar-refractivity contribution in [3.05, 3.63) is 105 Å². The van der Waals surface area contributed by atoms with Crippen LogP contribution in [0.25, 0.3) is 22.3 Å². The van der Waals surface area contributed by atoms with Crippen molar-refractivity contribution in [3.63, 3.8) is 0 Å². The summed E-state index contributed by atoms with van der Waals surface area (Å²) in [5, 5.41) is 2.81. The molecule has 3 aromatic carbocycles. The van der Waals surface area contributed by atoms with E-state index in [0.29, 0.717) is 22.6 Å². The predicted octanol–water partition coefficient (Wildman–Crippen LogP) is 4.14. The van der Waals surface area contributed by atoms with Crippen LogP contribution in [0.1, 0.15) is 27.0 Å². The number of hydrogen-bond donors (Lipinski definition) is 3. The number of anilines is 1. The van der Waals surface area contributed by atoms with Crippen molar-refractivity contribution in [1.29, 1.82) is 0 Å². The maximum atomic E-state index is 14.8. The highest BCUT2D eigenvalue weighted by molar-refractivity contribution is 6.05. The standard InChI is InChI=1S/C30H29FN4O4/c1-17-20(19-13-25(31)24(15-32)27(14-19)39-3)7-4-8-21(17)22-9-5-11-26(18(22)2)34-29(37)23-10-6-12-35(30(23)38)16-28(33)36/h4-14H,15-16,32H2,1-3H3,(H2,33,36)(H,34,37). The Bertz CT molecular complexity index is 1650. The molecule has 0 atom stereocenters. The van der Waals surface area contributed by atoms with Crippen LogP contribution in [0.2, 0.25) is 0 Å². The number of primary amides is 1. The van der Waals surface area contributed by atoms with Gasteiger partial charge in [0.1, 0.15) is 23.7 Å². The number of nitrogens with zero attached hydrogens (tertiary/aromatic N) is 1. The lowest BCUT2D eigenvalue weighted by atomic mass is 9.90. The number of nitrogens with two attached hydrogens (primary N) is 2. The summed E-state index contributed by atoms with van der Waals surface area (Å²) < 4.78 is 21.2. The minimum Gasteiger partial charge on any atom is -0.496 e. The number of rotatable bonds is 8. The number of pyridine rings is 1. The van der Waals surface area contributed by atoms with E-state index < -0.39 is 23.2 Å². The molecular weight excluding hydrogens is 499 g/mol. The molecule has 0 aliphatic heterocycles. The number of nitrogens with one attached hydrogen (secondary N) is 1. The molecule has 0 saturated carbocycles. The van der Waals surface area contributed by atoms with Gasteiger partial charge in [-0.3, -0.25) is 14.4 Å². The highest BCUT2D eigenvalue weighted by Gasteiger charge is 2.18. The van der Waals surface area contributed by atoms with Gasteiger partial charge >= 0.3 is 0 Å². The van der Waals surface area contributed by atoms with E-state index in [9.17, 15) is 18.8 Å². The van der Waals surface area contributed by atoms with E-state index >= 15 is 0 Å². The van der Waals surface area contributed by atoms with E-state index in [1.165, 1.54) is 31.5 Å². The zero-order valence-electron chi connectivity index (χ0n) is 21.9. The van der Waals surface area contributed by atoms with Gasteiger partial charge in [0.15, 0.2) is 0 Å². The molecule has 0 aliphatic rings. The maximum absolute atomic E-state index is 14.8. The van der Waals surface area contributed by atoms with Gasteiger partial charge in [0, 0.05) is 24.0 Å². The molecule has 9 heteroatoms. The van der Waals surface area contributed by atoms with Gasteiger partial charge in [-0.1, -0.05) is 30.3 Å². The van der Waals surface area contributed by atoms with E-state index in [4.69, 9.17) is 16.2 Å². The first-order valence-electron chi connectivity index (χ1n) is 12.2. The molecule has 1 heterocycles. The summed E-state index contributed by atoms with van der Waals surface area (Å²) >= 11 is 0. The lowest BCUT2D eigenvalue weighted by Crippen LogP contribution is -2.32. The molecule has 2 amide bonds. The number of benzene rings is 3. The maximum Gasteiger partial charge on any atom is 0.263 e. The number of aromatic nitrogens is 1. The number of ether oxygens (including phenoxy) is 1. The van der Waals surface area contributed by atoms with E-state index in [0.717, 1.165) is 32.4 Å². The van der Waals surface area contributed by atoms with Crippen LogP contribution < -0.4 is 27.1 Å². The van der Waals surface area contributed by atoms with Gasteiger partial charge < -0.3 is 26.1 Å². The van der Waals surface area contributed by atoms with Gasteiger partial charge in [0.2, 0.25) is 5.91 Å². The number of carbonyl (C=O) groups excluding carboxylic acids is 2. The predicted molar refractivity (Wildman–Crippen MR) is 149 cm³/mol. The zero-order valence-corrected chi connectivity index (χ0v) is 21.9. The Hall–Kier alpha value is -4.76. The Labute approximate surface area is 225 Å². The van der Waals surface area contributed by atoms with Gasteiger partial charge in [-0.25, -0.2) is 4.39 Å². The van der Waals surface area contributed by atoms with Crippen molar-refractivity contribution < 1.29 is 18.7 Å². The molecule has 0 radical (unpaired) electrons. The van der Waals surface area contributed by atoms with E-state index in [-0.39, 0.29) is 18.7 Å². The summed E-state index contributed by atoms with van der Waals surface area (Å²) in [5.74, 6) is -1.35. The molecule has 1 aromatic heterocycles. The quantitative estimate of drug-likeness (QED) is 0.317. The van der Waals surface area contributed by atoms with Crippen molar-refractivity contribution in [2.24, 2.45) is 11.5 Å². The second-order valence-corrected chi connectivity index (χ2v) is 9.07. The summed E-state index contributed by atoms with van der Waals surface area (Å²) in [4.78, 5) is 37.0. The summed E-state index contributed by atoms with van der Waals surface area (Å²) in [5.41, 5.74) is 15.9. The minimum atomic E-state index is -0.688. The highest BCUT2D eigenvalue weighted by atomic mass is 19.1. The Morgan fingerprint density at radius 1 is 0.974 bits per heavy atom. The molecule has 8 nitrogen and oxygen atoms in total. The third kappa shape index (κ3) is 5.44. The van der Waals surface area contributed by atoms with Crippen LogP contribution in [-0.4, -0.2) is 23.5 Å². The lowest BCUT2D eigenvalue weighted by molar-refractivity contribution is -0.118. The van der Waals surface area contributed by atoms with E-state index in [1.807, 2.05) is 38.1 Å². The molecule has 0 fully saturated rings. The topological polar surface area (TPSA) is 129 Å². The number of methoxy groups -OCH3 is 1. The van der Waals surface area contributed by atoms with Crippen molar-refractivity contribution >= 4 is 17.5 Å². The van der Waals surface area contributed by atoms with E-state index in [2.05, 4.69) is 5.32 Å². The third-order valence-corrected chi connectivity index (χ3v) is 6.69. The molecule has 4 aromatic rings. The highest BCUT2D eigenvalue weighted by Crippen LogP contribution is 2.37. The summed E-state index contributed by atoms with van der Waals surface area (Å²) in [6.45, 7) is 3.51. The molecular formula is C30H29FN4O4. The average molecular weight is 529 g/mol. The van der Waals surface area contributed by atoms with Gasteiger partial charge in [-0.05, 0) is 77.6 Å². The fourth-order valence-electron chi connectivity index (χ4n) is 4.64. The number of halogens is 1. The largest absolute Gasteiger partial charge is 0.496 e. The van der Waals surface area contributed by atoms with Crippen LogP contribution in [0.3, 0.4) is 0 Å². The number of hydrogen-bond acceptors (Lipinski definition) is 5. The van der Waals surface area contributed by atoms with Crippen molar-refractivity contribution in [2.45, 2.75) is 26.9 Å². The van der Waals surface area contributed by atoms with Crippen LogP contribution in [0.5, 0.6) is 5.75 Å². The average Bonchev–Trinajstić information content (AvgIpc) is 2.90. The normalized spacial score (nSPS) is 10.8. The number of carbonyl (C=O) groups is 2. The van der Waals surface area contributed by atoms with Gasteiger partial charge in [0.05, 0.1) is 7.11 Å². The van der Waals surface area contributed by atoms with Crippen LogP contribution in [0, 0.1) is 19.7 Å². The summed E-state index contributed by atoms with van der Waals surface area (Å²) in [6.07, 6.45) is 1.40. The van der Waals surface area contributed by atoms with Crippen LogP contribution in [-0.2, 0) is 17.9 Å².